The van der Waals surface area contributed by atoms with Crippen LogP contribution < -0.4 is 10.6 Å². The van der Waals surface area contributed by atoms with E-state index < -0.39 is 0 Å². The van der Waals surface area contributed by atoms with Crippen molar-refractivity contribution in [1.29, 1.82) is 0 Å². The number of aromatic nitrogens is 3. The molecule has 0 aliphatic rings. The Balaban J connectivity index is 1.31. The SMILES string of the molecule is C=C/C=c1\c(=C/C)c2c3sc4ccccc4c3ccc2n1-c1ccc(-c2cc(-c3ccccc3)nc(-c3ccccc3)n2)cc1. The molecule has 45 heavy (non-hydrogen) atoms. The zero-order valence-electron chi connectivity index (χ0n) is 24.8. The van der Waals surface area contributed by atoms with Gasteiger partial charge in [-0.1, -0.05) is 116 Å². The predicted octanol–water partition coefficient (Wildman–Crippen LogP) is 9.56. The standard InChI is InChI=1S/C41H29N3S/c1-3-13-36-31(4-2)39-37(25-24-33-32-18-11-12-19-38(32)45-40(33)39)44(36)30-22-20-28(21-23-30)35-26-34(27-14-7-5-8-15-27)42-41(43-35)29-16-9-6-10-17-29/h3-26H,1H2,2H3/b31-4+,36-13+. The molecular formula is C41H29N3S. The summed E-state index contributed by atoms with van der Waals surface area (Å²) in [4.78, 5) is 9.98. The van der Waals surface area contributed by atoms with E-state index in [0.29, 0.717) is 5.82 Å². The van der Waals surface area contributed by atoms with Gasteiger partial charge in [0.2, 0.25) is 0 Å². The largest absolute Gasteiger partial charge is 0.309 e. The maximum atomic E-state index is 5.03. The Labute approximate surface area is 265 Å². The molecule has 0 N–H and O–H groups in total. The fourth-order valence-corrected chi connectivity index (χ4v) is 7.56. The van der Waals surface area contributed by atoms with Crippen molar-refractivity contribution in [3.8, 4) is 39.6 Å². The summed E-state index contributed by atoms with van der Waals surface area (Å²) in [5.41, 5.74) is 7.16. The highest BCUT2D eigenvalue weighted by Crippen LogP contribution is 2.37. The average Bonchev–Trinajstić information content (AvgIpc) is 3.64. The Morgan fingerprint density at radius 3 is 2.00 bits per heavy atom. The van der Waals surface area contributed by atoms with Crippen LogP contribution in [0, 0.1) is 0 Å². The lowest BCUT2D eigenvalue weighted by Crippen LogP contribution is -2.27. The first kappa shape index (κ1) is 27.0. The van der Waals surface area contributed by atoms with Gasteiger partial charge in [0, 0.05) is 53.2 Å². The Bertz CT molecular complexity index is 2430. The van der Waals surface area contributed by atoms with Crippen LogP contribution in [0.1, 0.15) is 6.92 Å². The molecule has 0 spiro atoms. The Hall–Kier alpha value is -5.58. The number of benzene rings is 5. The second-order valence-electron chi connectivity index (χ2n) is 11.0. The highest BCUT2D eigenvalue weighted by Gasteiger charge is 2.16. The molecule has 3 nitrogen and oxygen atoms in total. The summed E-state index contributed by atoms with van der Waals surface area (Å²) < 4.78 is 4.98. The van der Waals surface area contributed by atoms with E-state index in [-0.39, 0.29) is 0 Å². The molecule has 5 aromatic carbocycles. The molecule has 0 atom stereocenters. The number of hydrogen-bond acceptors (Lipinski definition) is 3. The minimum absolute atomic E-state index is 0.714. The number of allylic oxidation sites excluding steroid dienone is 1. The molecule has 0 aliphatic carbocycles. The van der Waals surface area contributed by atoms with Crippen LogP contribution in [0.15, 0.2) is 140 Å². The van der Waals surface area contributed by atoms with E-state index in [0.717, 1.165) is 39.1 Å². The van der Waals surface area contributed by atoms with E-state index in [2.05, 4.69) is 121 Å². The second kappa shape index (κ2) is 11.2. The van der Waals surface area contributed by atoms with Crippen LogP contribution in [0.3, 0.4) is 0 Å². The van der Waals surface area contributed by atoms with Crippen molar-refractivity contribution in [2.75, 3.05) is 0 Å². The minimum atomic E-state index is 0.714. The van der Waals surface area contributed by atoms with Crippen molar-refractivity contribution in [3.63, 3.8) is 0 Å². The smallest absolute Gasteiger partial charge is 0.160 e. The molecule has 3 aromatic heterocycles. The van der Waals surface area contributed by atoms with Crippen molar-refractivity contribution < 1.29 is 0 Å². The lowest BCUT2D eigenvalue weighted by Gasteiger charge is -2.11. The molecule has 0 saturated heterocycles. The highest BCUT2D eigenvalue weighted by molar-refractivity contribution is 7.26. The van der Waals surface area contributed by atoms with Gasteiger partial charge in [-0.25, -0.2) is 9.97 Å². The summed E-state index contributed by atoms with van der Waals surface area (Å²) in [5, 5.41) is 6.24. The first-order valence-corrected chi connectivity index (χ1v) is 15.9. The van der Waals surface area contributed by atoms with E-state index in [1.807, 2.05) is 53.8 Å². The lowest BCUT2D eigenvalue weighted by atomic mass is 10.1. The summed E-state index contributed by atoms with van der Waals surface area (Å²) in [5.74, 6) is 0.714. The van der Waals surface area contributed by atoms with E-state index in [4.69, 9.17) is 9.97 Å². The molecule has 0 bridgehead atoms. The van der Waals surface area contributed by atoms with E-state index in [1.54, 1.807) is 0 Å². The van der Waals surface area contributed by atoms with Crippen molar-refractivity contribution in [2.45, 2.75) is 6.92 Å². The van der Waals surface area contributed by atoms with Gasteiger partial charge < -0.3 is 4.57 Å². The predicted molar refractivity (Wildman–Crippen MR) is 192 cm³/mol. The Morgan fingerprint density at radius 2 is 1.31 bits per heavy atom. The monoisotopic (exact) mass is 595 g/mol. The van der Waals surface area contributed by atoms with Crippen LogP contribution in [0.5, 0.6) is 0 Å². The molecule has 3 heterocycles. The van der Waals surface area contributed by atoms with Crippen LogP contribution in [0.2, 0.25) is 0 Å². The fourth-order valence-electron chi connectivity index (χ4n) is 6.30. The molecule has 0 unspecified atom stereocenters. The Morgan fingerprint density at radius 1 is 0.667 bits per heavy atom. The van der Waals surface area contributed by atoms with Crippen LogP contribution in [-0.2, 0) is 0 Å². The van der Waals surface area contributed by atoms with Crippen molar-refractivity contribution in [2.24, 2.45) is 0 Å². The van der Waals surface area contributed by atoms with E-state index >= 15 is 0 Å². The number of thiophene rings is 1. The van der Waals surface area contributed by atoms with Gasteiger partial charge >= 0.3 is 0 Å². The summed E-state index contributed by atoms with van der Waals surface area (Å²) in [6.45, 7) is 6.18. The molecule has 8 rings (SSSR count). The van der Waals surface area contributed by atoms with Crippen LogP contribution in [0.25, 0.3) is 82.8 Å². The highest BCUT2D eigenvalue weighted by atomic mass is 32.1. The molecule has 0 amide bonds. The summed E-state index contributed by atoms with van der Waals surface area (Å²) in [7, 11) is 0. The average molecular weight is 596 g/mol. The third-order valence-electron chi connectivity index (χ3n) is 8.37. The molecule has 0 radical (unpaired) electrons. The second-order valence-corrected chi connectivity index (χ2v) is 12.1. The molecule has 0 saturated carbocycles. The van der Waals surface area contributed by atoms with E-state index in [1.165, 1.54) is 36.3 Å². The molecule has 8 aromatic rings. The first-order chi connectivity index (χ1) is 22.2. The maximum absolute atomic E-state index is 5.03. The molecule has 0 fully saturated rings. The van der Waals surface area contributed by atoms with Gasteiger partial charge in [0.1, 0.15) is 0 Å². The van der Waals surface area contributed by atoms with Crippen molar-refractivity contribution in [3.05, 3.63) is 151 Å². The van der Waals surface area contributed by atoms with Crippen molar-refractivity contribution >= 4 is 54.6 Å². The molecule has 0 aliphatic heterocycles. The van der Waals surface area contributed by atoms with Gasteiger partial charge in [0.05, 0.1) is 22.3 Å². The lowest BCUT2D eigenvalue weighted by molar-refractivity contribution is 1.07. The van der Waals surface area contributed by atoms with Crippen LogP contribution in [0.4, 0.5) is 0 Å². The van der Waals surface area contributed by atoms with E-state index in [9.17, 15) is 0 Å². The molecular weight excluding hydrogens is 567 g/mol. The summed E-state index contributed by atoms with van der Waals surface area (Å²) in [6.07, 6.45) is 6.22. The molecule has 4 heteroatoms. The quantitative estimate of drug-likeness (QED) is 0.198. The van der Waals surface area contributed by atoms with Gasteiger partial charge in [-0.15, -0.1) is 11.3 Å². The topological polar surface area (TPSA) is 30.7 Å². The van der Waals surface area contributed by atoms with Gasteiger partial charge in [-0.3, -0.25) is 0 Å². The van der Waals surface area contributed by atoms with Gasteiger partial charge in [-0.2, -0.15) is 0 Å². The molecule has 214 valence electrons. The fraction of sp³-hybridized carbons (Fsp3) is 0.0244. The number of nitrogens with zero attached hydrogens (tertiary/aromatic N) is 3. The number of rotatable bonds is 5. The summed E-state index contributed by atoms with van der Waals surface area (Å²) in [6, 6.07) is 44.5. The van der Waals surface area contributed by atoms with Crippen LogP contribution in [-0.4, -0.2) is 14.5 Å². The third-order valence-corrected chi connectivity index (χ3v) is 9.57. The first-order valence-electron chi connectivity index (χ1n) is 15.1. The van der Waals surface area contributed by atoms with Crippen molar-refractivity contribution in [1.82, 2.24) is 14.5 Å². The zero-order chi connectivity index (χ0) is 30.3. The maximum Gasteiger partial charge on any atom is 0.160 e. The third kappa shape index (κ3) is 4.59. The van der Waals surface area contributed by atoms with Crippen LogP contribution >= 0.6 is 11.3 Å². The number of fused-ring (bicyclic) bond motifs is 5. The summed E-state index contributed by atoms with van der Waals surface area (Å²) >= 11 is 1.87. The number of hydrogen-bond donors (Lipinski definition) is 0. The van der Waals surface area contributed by atoms with Gasteiger partial charge in [-0.05, 0) is 43.3 Å². The minimum Gasteiger partial charge on any atom is -0.309 e. The van der Waals surface area contributed by atoms with Gasteiger partial charge in [0.15, 0.2) is 5.82 Å². The zero-order valence-corrected chi connectivity index (χ0v) is 25.6. The van der Waals surface area contributed by atoms with Gasteiger partial charge in [0.25, 0.3) is 0 Å². The Kier molecular flexibility index (Phi) is 6.70. The normalized spacial score (nSPS) is 12.5.